The molecular weight excluding hydrogens is 260 g/mol. The van der Waals surface area contributed by atoms with Gasteiger partial charge in [0.25, 0.3) is 0 Å². The Morgan fingerprint density at radius 2 is 1.85 bits per heavy atom. The number of rotatable bonds is 4. The van der Waals surface area contributed by atoms with Gasteiger partial charge in [-0.2, -0.15) is 0 Å². The molecule has 0 radical (unpaired) electrons. The molecule has 0 aromatic heterocycles. The lowest BCUT2D eigenvalue weighted by Crippen LogP contribution is -2.51. The van der Waals surface area contributed by atoms with Crippen molar-refractivity contribution in [3.63, 3.8) is 0 Å². The Labute approximate surface area is 119 Å². The zero-order chi connectivity index (χ0) is 14.7. The van der Waals surface area contributed by atoms with Gasteiger partial charge in [-0.25, -0.2) is 8.78 Å². The maximum Gasteiger partial charge on any atom is 0.126 e. The molecule has 2 N–H and O–H groups in total. The predicted molar refractivity (Wildman–Crippen MR) is 76.6 cm³/mol. The van der Waals surface area contributed by atoms with Crippen LogP contribution < -0.4 is 5.73 Å². The number of piperazine rings is 1. The predicted octanol–water partition coefficient (Wildman–Crippen LogP) is 1.47. The Kier molecular flexibility index (Phi) is 5.07. The summed E-state index contributed by atoms with van der Waals surface area (Å²) >= 11 is 0. The van der Waals surface area contributed by atoms with Crippen molar-refractivity contribution in [1.82, 2.24) is 9.80 Å². The molecule has 1 heterocycles. The third-order valence-corrected chi connectivity index (χ3v) is 3.98. The van der Waals surface area contributed by atoms with E-state index in [9.17, 15) is 8.78 Å². The largest absolute Gasteiger partial charge is 0.327 e. The van der Waals surface area contributed by atoms with Crippen LogP contribution in [0.5, 0.6) is 0 Å². The first kappa shape index (κ1) is 15.4. The molecule has 0 bridgehead atoms. The van der Waals surface area contributed by atoms with Crippen LogP contribution in [-0.4, -0.2) is 55.6 Å². The number of halogens is 2. The Bertz CT molecular complexity index is 432. The van der Waals surface area contributed by atoms with Crippen LogP contribution in [0, 0.1) is 11.6 Å². The lowest BCUT2D eigenvalue weighted by atomic mass is 9.98. The van der Waals surface area contributed by atoms with Crippen molar-refractivity contribution in [2.75, 3.05) is 33.7 Å². The molecule has 3 nitrogen and oxygen atoms in total. The lowest BCUT2D eigenvalue weighted by Gasteiger charge is -2.38. The summed E-state index contributed by atoms with van der Waals surface area (Å²) in [4.78, 5) is 4.60. The molecule has 0 aliphatic carbocycles. The van der Waals surface area contributed by atoms with Crippen molar-refractivity contribution in [2.45, 2.75) is 24.9 Å². The third-order valence-electron chi connectivity index (χ3n) is 3.98. The van der Waals surface area contributed by atoms with Gasteiger partial charge in [-0.3, -0.25) is 0 Å². The Morgan fingerprint density at radius 1 is 1.20 bits per heavy atom. The molecule has 5 heteroatoms. The number of hydrogen-bond acceptors (Lipinski definition) is 3. The molecular formula is C15H23F2N3. The van der Waals surface area contributed by atoms with E-state index in [1.54, 1.807) is 0 Å². The van der Waals surface area contributed by atoms with E-state index >= 15 is 0 Å². The summed E-state index contributed by atoms with van der Waals surface area (Å²) in [6.07, 6.45) is 1.34. The van der Waals surface area contributed by atoms with E-state index in [1.807, 2.05) is 0 Å². The molecule has 1 fully saturated rings. The van der Waals surface area contributed by atoms with Crippen LogP contribution in [0.2, 0.25) is 0 Å². The molecule has 2 rings (SSSR count). The van der Waals surface area contributed by atoms with Gasteiger partial charge in [0.1, 0.15) is 11.6 Å². The van der Waals surface area contributed by atoms with E-state index in [4.69, 9.17) is 5.73 Å². The summed E-state index contributed by atoms with van der Waals surface area (Å²) in [6, 6.07) is 3.93. The topological polar surface area (TPSA) is 32.5 Å². The fourth-order valence-corrected chi connectivity index (χ4v) is 2.82. The normalized spacial score (nSPS) is 22.9. The second-order valence-electron chi connectivity index (χ2n) is 5.87. The highest BCUT2D eigenvalue weighted by atomic mass is 19.1. The molecule has 1 aromatic rings. The summed E-state index contributed by atoms with van der Waals surface area (Å²) in [7, 11) is 4.21. The number of nitrogens with zero attached hydrogens (tertiary/aromatic N) is 2. The van der Waals surface area contributed by atoms with Crippen molar-refractivity contribution in [1.29, 1.82) is 0 Å². The minimum Gasteiger partial charge on any atom is -0.327 e. The highest BCUT2D eigenvalue weighted by Gasteiger charge is 2.24. The van der Waals surface area contributed by atoms with Crippen LogP contribution >= 0.6 is 0 Å². The Hall–Kier alpha value is -1.04. The van der Waals surface area contributed by atoms with Crippen LogP contribution in [-0.2, 0) is 6.42 Å². The SMILES string of the molecule is CN1CCN(C)C(CC(N)Cc2cc(F)cc(F)c2)C1. The monoisotopic (exact) mass is 283 g/mol. The molecule has 112 valence electrons. The van der Waals surface area contributed by atoms with Gasteiger partial charge in [0.15, 0.2) is 0 Å². The molecule has 2 atom stereocenters. The maximum absolute atomic E-state index is 13.2. The van der Waals surface area contributed by atoms with Crippen molar-refractivity contribution in [2.24, 2.45) is 5.73 Å². The zero-order valence-electron chi connectivity index (χ0n) is 12.1. The van der Waals surface area contributed by atoms with E-state index in [0.717, 1.165) is 32.1 Å². The third kappa shape index (κ3) is 4.23. The maximum atomic E-state index is 13.2. The summed E-state index contributed by atoms with van der Waals surface area (Å²) in [5.41, 5.74) is 6.78. The zero-order valence-corrected chi connectivity index (χ0v) is 12.1. The Balaban J connectivity index is 1.92. The number of hydrogen-bond donors (Lipinski definition) is 1. The van der Waals surface area contributed by atoms with Crippen LogP contribution in [0.15, 0.2) is 18.2 Å². The van der Waals surface area contributed by atoms with Crippen molar-refractivity contribution >= 4 is 0 Å². The molecule has 1 aromatic carbocycles. The highest BCUT2D eigenvalue weighted by molar-refractivity contribution is 5.19. The number of likely N-dealkylation sites (N-methyl/N-ethyl adjacent to an activating group) is 2. The van der Waals surface area contributed by atoms with E-state index in [0.29, 0.717) is 18.0 Å². The molecule has 1 saturated heterocycles. The second kappa shape index (κ2) is 6.61. The standard InChI is InChI=1S/C15H23F2N3/c1-19-3-4-20(2)15(10-19)9-14(18)7-11-5-12(16)8-13(17)6-11/h5-6,8,14-15H,3-4,7,9-10,18H2,1-2H3. The van der Waals surface area contributed by atoms with Crippen LogP contribution in [0.25, 0.3) is 0 Å². The van der Waals surface area contributed by atoms with Gasteiger partial charge in [0.2, 0.25) is 0 Å². The molecule has 1 aliphatic heterocycles. The van der Waals surface area contributed by atoms with E-state index in [-0.39, 0.29) is 6.04 Å². The van der Waals surface area contributed by atoms with Crippen LogP contribution in [0.1, 0.15) is 12.0 Å². The second-order valence-corrected chi connectivity index (χ2v) is 5.87. The van der Waals surface area contributed by atoms with Crippen LogP contribution in [0.3, 0.4) is 0 Å². The average molecular weight is 283 g/mol. The fourth-order valence-electron chi connectivity index (χ4n) is 2.82. The first-order valence-electron chi connectivity index (χ1n) is 7.03. The van der Waals surface area contributed by atoms with E-state index in [1.165, 1.54) is 12.1 Å². The van der Waals surface area contributed by atoms with Gasteiger partial charge in [-0.05, 0) is 44.6 Å². The Morgan fingerprint density at radius 3 is 2.50 bits per heavy atom. The van der Waals surface area contributed by atoms with Gasteiger partial charge >= 0.3 is 0 Å². The highest BCUT2D eigenvalue weighted by Crippen LogP contribution is 2.15. The number of nitrogens with two attached hydrogens (primary N) is 1. The van der Waals surface area contributed by atoms with Gasteiger partial charge in [-0.1, -0.05) is 0 Å². The number of benzene rings is 1. The van der Waals surface area contributed by atoms with Gasteiger partial charge in [0.05, 0.1) is 0 Å². The van der Waals surface area contributed by atoms with Crippen molar-refractivity contribution < 1.29 is 8.78 Å². The molecule has 0 saturated carbocycles. The fraction of sp³-hybridized carbons (Fsp3) is 0.600. The molecule has 0 spiro atoms. The first-order chi connectivity index (χ1) is 9.44. The molecule has 2 unspecified atom stereocenters. The molecule has 20 heavy (non-hydrogen) atoms. The van der Waals surface area contributed by atoms with E-state index in [2.05, 4.69) is 23.9 Å². The van der Waals surface area contributed by atoms with E-state index < -0.39 is 11.6 Å². The van der Waals surface area contributed by atoms with Gasteiger partial charge < -0.3 is 15.5 Å². The van der Waals surface area contributed by atoms with Crippen molar-refractivity contribution in [3.05, 3.63) is 35.4 Å². The van der Waals surface area contributed by atoms with Crippen molar-refractivity contribution in [3.8, 4) is 0 Å². The average Bonchev–Trinajstić information content (AvgIpc) is 2.32. The molecule has 1 aliphatic rings. The van der Waals surface area contributed by atoms with Crippen LogP contribution in [0.4, 0.5) is 8.78 Å². The summed E-state index contributed by atoms with van der Waals surface area (Å²) < 4.78 is 26.3. The quantitative estimate of drug-likeness (QED) is 0.908. The minimum atomic E-state index is -0.540. The summed E-state index contributed by atoms with van der Waals surface area (Å²) in [5, 5.41) is 0. The minimum absolute atomic E-state index is 0.0878. The summed E-state index contributed by atoms with van der Waals surface area (Å²) in [5.74, 6) is -1.08. The smallest absolute Gasteiger partial charge is 0.126 e. The lowest BCUT2D eigenvalue weighted by molar-refractivity contribution is 0.104. The molecule has 0 amide bonds. The summed E-state index contributed by atoms with van der Waals surface area (Å²) in [6.45, 7) is 3.08. The first-order valence-corrected chi connectivity index (χ1v) is 7.03. The van der Waals surface area contributed by atoms with Gasteiger partial charge in [0, 0.05) is 37.8 Å². The van der Waals surface area contributed by atoms with Gasteiger partial charge in [-0.15, -0.1) is 0 Å².